The number of piperidine rings is 1. The van der Waals surface area contributed by atoms with Gasteiger partial charge in [0.15, 0.2) is 0 Å². The maximum absolute atomic E-state index is 12.0. The van der Waals surface area contributed by atoms with Gasteiger partial charge < -0.3 is 14.2 Å². The molecule has 0 saturated carbocycles. The third-order valence-electron chi connectivity index (χ3n) is 3.94. The Morgan fingerprint density at radius 2 is 2.23 bits per heavy atom. The van der Waals surface area contributed by atoms with Gasteiger partial charge in [0.1, 0.15) is 17.0 Å². The molecule has 7 nitrogen and oxygen atoms in total. The first-order chi connectivity index (χ1) is 10.6. The summed E-state index contributed by atoms with van der Waals surface area (Å²) in [7, 11) is 0. The number of hydrogen-bond acceptors (Lipinski definition) is 7. The van der Waals surface area contributed by atoms with Crippen molar-refractivity contribution in [3.63, 3.8) is 0 Å². The number of rotatable bonds is 3. The average Bonchev–Trinajstić information content (AvgIpc) is 2.88. The Kier molecular flexibility index (Phi) is 3.96. The number of hydrogen-bond donors (Lipinski definition) is 0. The summed E-state index contributed by atoms with van der Waals surface area (Å²) in [4.78, 5) is 23.0. The van der Waals surface area contributed by atoms with Crippen molar-refractivity contribution in [3.8, 4) is 0 Å². The molecule has 3 heterocycles. The fourth-order valence-corrected chi connectivity index (χ4v) is 2.92. The molecular formula is C15H20N4O3. The number of aryl methyl sites for hydroxylation is 2. The van der Waals surface area contributed by atoms with Gasteiger partial charge in [-0.25, -0.2) is 4.98 Å². The molecule has 2 aromatic rings. The molecule has 0 N–H and O–H groups in total. The third kappa shape index (κ3) is 2.63. The Labute approximate surface area is 128 Å². The Hall–Kier alpha value is -2.18. The first kappa shape index (κ1) is 14.7. The van der Waals surface area contributed by atoms with Crippen molar-refractivity contribution in [1.29, 1.82) is 0 Å². The minimum absolute atomic E-state index is 0.112. The predicted octanol–water partition coefficient (Wildman–Crippen LogP) is 2.01. The number of carbonyl (C=O) groups excluding carboxylic acids is 1. The van der Waals surface area contributed by atoms with E-state index in [4.69, 9.17) is 9.26 Å². The number of carbonyl (C=O) groups is 1. The lowest BCUT2D eigenvalue weighted by atomic mass is 9.98. The van der Waals surface area contributed by atoms with E-state index in [1.807, 2.05) is 20.8 Å². The van der Waals surface area contributed by atoms with Gasteiger partial charge in [0.05, 0.1) is 18.2 Å². The summed E-state index contributed by atoms with van der Waals surface area (Å²) in [5, 5.41) is 4.81. The molecule has 118 valence electrons. The van der Waals surface area contributed by atoms with Crippen LogP contribution >= 0.6 is 0 Å². The normalized spacial score (nSPS) is 18.7. The van der Waals surface area contributed by atoms with Crippen LogP contribution in [0.5, 0.6) is 0 Å². The second-order valence-corrected chi connectivity index (χ2v) is 5.58. The van der Waals surface area contributed by atoms with E-state index in [0.29, 0.717) is 24.7 Å². The van der Waals surface area contributed by atoms with Crippen molar-refractivity contribution in [2.75, 3.05) is 24.6 Å². The van der Waals surface area contributed by atoms with Crippen LogP contribution in [0.3, 0.4) is 0 Å². The van der Waals surface area contributed by atoms with Crippen molar-refractivity contribution in [2.45, 2.75) is 33.6 Å². The quantitative estimate of drug-likeness (QED) is 0.802. The van der Waals surface area contributed by atoms with Gasteiger partial charge in [0.2, 0.25) is 0 Å². The fraction of sp³-hybridized carbons (Fsp3) is 0.600. The van der Waals surface area contributed by atoms with Crippen LogP contribution in [0.1, 0.15) is 31.3 Å². The van der Waals surface area contributed by atoms with Crippen molar-refractivity contribution < 1.29 is 14.1 Å². The summed E-state index contributed by atoms with van der Waals surface area (Å²) < 4.78 is 10.4. The lowest BCUT2D eigenvalue weighted by Gasteiger charge is -2.32. The Morgan fingerprint density at radius 1 is 1.41 bits per heavy atom. The molecule has 1 fully saturated rings. The molecule has 1 saturated heterocycles. The number of fused-ring (bicyclic) bond motifs is 1. The molecule has 3 rings (SSSR count). The molecule has 0 aromatic carbocycles. The van der Waals surface area contributed by atoms with Crippen molar-refractivity contribution in [2.24, 2.45) is 5.92 Å². The Balaban J connectivity index is 1.93. The molecule has 1 aliphatic heterocycles. The highest BCUT2D eigenvalue weighted by atomic mass is 16.5. The second kappa shape index (κ2) is 5.90. The van der Waals surface area contributed by atoms with Gasteiger partial charge in [-0.05, 0) is 33.6 Å². The Bertz CT molecular complexity index is 697. The predicted molar refractivity (Wildman–Crippen MR) is 80.6 cm³/mol. The van der Waals surface area contributed by atoms with Gasteiger partial charge in [-0.3, -0.25) is 4.79 Å². The minimum atomic E-state index is -0.128. The smallest absolute Gasteiger partial charge is 0.310 e. The van der Waals surface area contributed by atoms with Crippen LogP contribution in [0.15, 0.2) is 4.52 Å². The molecule has 1 atom stereocenters. The number of aromatic nitrogens is 3. The van der Waals surface area contributed by atoms with Crippen LogP contribution in [-0.2, 0) is 9.53 Å². The fourth-order valence-electron chi connectivity index (χ4n) is 2.92. The topological polar surface area (TPSA) is 81.4 Å². The summed E-state index contributed by atoms with van der Waals surface area (Å²) in [5.41, 5.74) is 1.27. The van der Waals surface area contributed by atoms with E-state index in [1.54, 1.807) is 0 Å². The van der Waals surface area contributed by atoms with Gasteiger partial charge in [0, 0.05) is 13.1 Å². The van der Waals surface area contributed by atoms with E-state index in [9.17, 15) is 4.79 Å². The van der Waals surface area contributed by atoms with Crippen LogP contribution in [0, 0.1) is 19.8 Å². The molecule has 0 radical (unpaired) electrons. The Morgan fingerprint density at radius 3 is 3.00 bits per heavy atom. The highest BCUT2D eigenvalue weighted by Gasteiger charge is 2.29. The largest absolute Gasteiger partial charge is 0.466 e. The number of nitrogens with zero attached hydrogens (tertiary/aromatic N) is 4. The summed E-state index contributed by atoms with van der Waals surface area (Å²) >= 11 is 0. The zero-order chi connectivity index (χ0) is 15.7. The van der Waals surface area contributed by atoms with E-state index in [2.05, 4.69) is 20.0 Å². The summed E-state index contributed by atoms with van der Waals surface area (Å²) in [6, 6.07) is 0. The molecule has 0 spiro atoms. The van der Waals surface area contributed by atoms with Crippen LogP contribution in [0.4, 0.5) is 5.82 Å². The molecule has 7 heteroatoms. The zero-order valence-corrected chi connectivity index (χ0v) is 13.1. The van der Waals surface area contributed by atoms with Gasteiger partial charge >= 0.3 is 5.97 Å². The molecule has 1 aliphatic rings. The first-order valence-electron chi connectivity index (χ1n) is 7.62. The highest BCUT2D eigenvalue weighted by molar-refractivity contribution is 5.88. The lowest BCUT2D eigenvalue weighted by Crippen LogP contribution is -2.40. The molecule has 0 aliphatic carbocycles. The van der Waals surface area contributed by atoms with E-state index in [1.165, 1.54) is 0 Å². The van der Waals surface area contributed by atoms with E-state index < -0.39 is 0 Å². The molecule has 0 unspecified atom stereocenters. The second-order valence-electron chi connectivity index (χ2n) is 5.58. The highest BCUT2D eigenvalue weighted by Crippen LogP contribution is 2.30. The number of esters is 1. The van der Waals surface area contributed by atoms with Crippen molar-refractivity contribution in [1.82, 2.24) is 15.1 Å². The maximum atomic E-state index is 12.0. The van der Waals surface area contributed by atoms with Crippen LogP contribution < -0.4 is 4.90 Å². The average molecular weight is 304 g/mol. The monoisotopic (exact) mass is 304 g/mol. The summed E-state index contributed by atoms with van der Waals surface area (Å²) in [6.07, 6.45) is 1.78. The third-order valence-corrected chi connectivity index (χ3v) is 3.94. The van der Waals surface area contributed by atoms with Gasteiger partial charge in [0.25, 0.3) is 5.71 Å². The van der Waals surface area contributed by atoms with Crippen LogP contribution in [-0.4, -0.2) is 40.8 Å². The van der Waals surface area contributed by atoms with Crippen molar-refractivity contribution in [3.05, 3.63) is 11.5 Å². The van der Waals surface area contributed by atoms with Crippen molar-refractivity contribution >= 4 is 22.9 Å². The molecule has 0 bridgehead atoms. The van der Waals surface area contributed by atoms with Gasteiger partial charge in [-0.1, -0.05) is 5.16 Å². The zero-order valence-electron chi connectivity index (χ0n) is 13.1. The maximum Gasteiger partial charge on any atom is 0.310 e. The number of ether oxygens (including phenoxy) is 1. The van der Waals surface area contributed by atoms with Gasteiger partial charge in [-0.15, -0.1) is 0 Å². The van der Waals surface area contributed by atoms with Crippen LogP contribution in [0.25, 0.3) is 11.1 Å². The van der Waals surface area contributed by atoms with Crippen LogP contribution in [0.2, 0.25) is 0 Å². The summed E-state index contributed by atoms with van der Waals surface area (Å²) in [6.45, 7) is 7.41. The SMILES string of the molecule is CCOC(=O)[C@H]1CCCN(c2nc(C)nc3onc(C)c23)C1. The minimum Gasteiger partial charge on any atom is -0.466 e. The number of anilines is 1. The van der Waals surface area contributed by atoms with E-state index in [0.717, 1.165) is 36.3 Å². The lowest BCUT2D eigenvalue weighted by molar-refractivity contribution is -0.148. The van der Waals surface area contributed by atoms with E-state index in [-0.39, 0.29) is 11.9 Å². The first-order valence-corrected chi connectivity index (χ1v) is 7.62. The van der Waals surface area contributed by atoms with E-state index >= 15 is 0 Å². The summed E-state index contributed by atoms with van der Waals surface area (Å²) in [5.74, 6) is 1.20. The standard InChI is InChI=1S/C15H20N4O3/c1-4-21-15(20)11-6-5-7-19(8-11)13-12-9(2)18-22-14(12)17-10(3)16-13/h11H,4-8H2,1-3H3/t11-/m0/s1. The molecule has 0 amide bonds. The molecule has 2 aromatic heterocycles. The molecule has 22 heavy (non-hydrogen) atoms. The van der Waals surface area contributed by atoms with Gasteiger partial charge in [-0.2, -0.15) is 4.98 Å². The molecular weight excluding hydrogens is 284 g/mol.